The third-order valence-electron chi connectivity index (χ3n) is 6.87. The number of allylic oxidation sites excluding steroid dienone is 3. The van der Waals surface area contributed by atoms with Crippen LogP contribution in [0.15, 0.2) is 61.2 Å². The Morgan fingerprint density at radius 2 is 2.04 bits per heavy atom. The van der Waals surface area contributed by atoms with Gasteiger partial charge in [0.2, 0.25) is 5.69 Å². The smallest absolute Gasteiger partial charge is 0.210 e. The van der Waals surface area contributed by atoms with Crippen molar-refractivity contribution in [2.24, 2.45) is 11.8 Å². The molecule has 0 N–H and O–H groups in total. The first-order valence-corrected chi connectivity index (χ1v) is 10.4. The molecular formula is C26H30NO+. The van der Waals surface area contributed by atoms with Gasteiger partial charge in [-0.1, -0.05) is 36.4 Å². The molecule has 2 aromatic rings. The van der Waals surface area contributed by atoms with Crippen molar-refractivity contribution in [3.8, 4) is 0 Å². The average molecular weight is 373 g/mol. The molecule has 4 rings (SSSR count). The normalized spacial score (nSPS) is 27.0. The summed E-state index contributed by atoms with van der Waals surface area (Å²) in [5, 5.41) is 2.62. The second-order valence-corrected chi connectivity index (χ2v) is 8.69. The minimum absolute atomic E-state index is 0.0955. The van der Waals surface area contributed by atoms with E-state index in [0.717, 1.165) is 25.7 Å². The highest BCUT2D eigenvalue weighted by Crippen LogP contribution is 2.46. The third-order valence-corrected chi connectivity index (χ3v) is 6.87. The van der Waals surface area contributed by atoms with Crippen LogP contribution < -0.4 is 0 Å². The molecule has 0 aromatic heterocycles. The molecule has 1 heterocycles. The van der Waals surface area contributed by atoms with E-state index in [0.29, 0.717) is 11.7 Å². The third kappa shape index (κ3) is 2.96. The van der Waals surface area contributed by atoms with Gasteiger partial charge >= 0.3 is 0 Å². The predicted octanol–water partition coefficient (Wildman–Crippen LogP) is 5.96. The van der Waals surface area contributed by atoms with Gasteiger partial charge in [0, 0.05) is 23.6 Å². The molecular weight excluding hydrogens is 342 g/mol. The monoisotopic (exact) mass is 372 g/mol. The number of fused-ring (bicyclic) bond motifs is 3. The summed E-state index contributed by atoms with van der Waals surface area (Å²) in [4.78, 5) is 11.7. The van der Waals surface area contributed by atoms with Crippen LogP contribution in [0.3, 0.4) is 0 Å². The van der Waals surface area contributed by atoms with E-state index < -0.39 is 0 Å². The van der Waals surface area contributed by atoms with Crippen LogP contribution >= 0.6 is 0 Å². The van der Waals surface area contributed by atoms with Gasteiger partial charge in [0.05, 0.1) is 5.41 Å². The first kappa shape index (κ1) is 18.9. The van der Waals surface area contributed by atoms with E-state index in [4.69, 9.17) is 0 Å². The maximum atomic E-state index is 11.7. The van der Waals surface area contributed by atoms with Crippen molar-refractivity contribution in [1.82, 2.24) is 0 Å². The van der Waals surface area contributed by atoms with Gasteiger partial charge in [-0.15, -0.1) is 6.58 Å². The Labute approximate surface area is 168 Å². The molecule has 2 nitrogen and oxygen atoms in total. The van der Waals surface area contributed by atoms with Crippen molar-refractivity contribution in [2.45, 2.75) is 44.9 Å². The van der Waals surface area contributed by atoms with Crippen LogP contribution in [0.5, 0.6) is 0 Å². The molecule has 2 aliphatic rings. The van der Waals surface area contributed by atoms with Crippen LogP contribution in [-0.4, -0.2) is 23.1 Å². The lowest BCUT2D eigenvalue weighted by molar-refractivity contribution is -0.401. The van der Waals surface area contributed by atoms with E-state index in [1.807, 2.05) is 6.08 Å². The maximum absolute atomic E-state index is 11.7. The predicted molar refractivity (Wildman–Crippen MR) is 118 cm³/mol. The zero-order valence-electron chi connectivity index (χ0n) is 17.2. The molecule has 0 bridgehead atoms. The zero-order chi connectivity index (χ0) is 19.9. The largest absolute Gasteiger partial charge is 0.300 e. The van der Waals surface area contributed by atoms with Gasteiger partial charge in [0.15, 0.2) is 5.71 Å². The lowest BCUT2D eigenvalue weighted by Gasteiger charge is -2.22. The molecule has 1 aliphatic carbocycles. The fraction of sp³-hybridized carbons (Fsp3) is 0.385. The molecule has 1 fully saturated rings. The van der Waals surface area contributed by atoms with Gasteiger partial charge in [-0.3, -0.25) is 4.79 Å². The van der Waals surface area contributed by atoms with E-state index in [9.17, 15) is 4.79 Å². The highest BCUT2D eigenvalue weighted by molar-refractivity contribution is 6.08. The summed E-state index contributed by atoms with van der Waals surface area (Å²) in [5.41, 5.74) is 3.92. The summed E-state index contributed by atoms with van der Waals surface area (Å²) >= 11 is 0. The second-order valence-electron chi connectivity index (χ2n) is 8.69. The number of hydrogen-bond donors (Lipinski definition) is 0. The average Bonchev–Trinajstić information content (AvgIpc) is 3.23. The lowest BCUT2D eigenvalue weighted by atomic mass is 9.74. The molecule has 2 heteroatoms. The summed E-state index contributed by atoms with van der Waals surface area (Å²) in [6.07, 6.45) is 10.8. The maximum Gasteiger partial charge on any atom is 0.210 e. The fourth-order valence-corrected chi connectivity index (χ4v) is 5.33. The van der Waals surface area contributed by atoms with Crippen LogP contribution in [0.1, 0.15) is 45.1 Å². The number of benzene rings is 2. The van der Waals surface area contributed by atoms with Crippen molar-refractivity contribution < 1.29 is 9.37 Å². The second kappa shape index (κ2) is 7.16. The Kier molecular flexibility index (Phi) is 4.82. The Morgan fingerprint density at radius 1 is 1.25 bits per heavy atom. The highest BCUT2D eigenvalue weighted by Gasteiger charge is 2.47. The number of hydrogen-bond acceptors (Lipinski definition) is 1. The lowest BCUT2D eigenvalue weighted by Crippen LogP contribution is -2.30. The van der Waals surface area contributed by atoms with Crippen molar-refractivity contribution >= 4 is 28.0 Å². The summed E-state index contributed by atoms with van der Waals surface area (Å²) in [5.74, 6) is 1.10. The van der Waals surface area contributed by atoms with E-state index in [1.165, 1.54) is 27.7 Å². The van der Waals surface area contributed by atoms with Crippen LogP contribution in [0, 0.1) is 11.8 Å². The van der Waals surface area contributed by atoms with Crippen LogP contribution in [0.25, 0.3) is 10.8 Å². The molecule has 28 heavy (non-hydrogen) atoms. The van der Waals surface area contributed by atoms with Crippen molar-refractivity contribution in [2.75, 3.05) is 7.05 Å². The summed E-state index contributed by atoms with van der Waals surface area (Å²) in [7, 11) is 2.18. The first-order valence-electron chi connectivity index (χ1n) is 10.4. The number of carbonyl (C=O) groups is 1. The Bertz CT molecular complexity index is 1010. The number of ketones is 1. The number of nitrogens with zero attached hydrogens (tertiary/aromatic N) is 1. The van der Waals surface area contributed by atoms with Crippen molar-refractivity contribution in [1.29, 1.82) is 0 Å². The standard InChI is InChI=1S/C26H30NO/c1-5-16-26(3)24(15-11-19-10-12-21(17-19)18(2)28)27(4)23-14-13-20-8-6-7-9-22(20)25(23)26/h5-9,11,13-15,19,21H,1,10,12,16-17H2,2-4H3/q+1. The van der Waals surface area contributed by atoms with Crippen LogP contribution in [0.4, 0.5) is 5.69 Å². The molecule has 3 unspecified atom stereocenters. The summed E-state index contributed by atoms with van der Waals surface area (Å²) < 4.78 is 2.35. The Hall–Kier alpha value is -2.48. The molecule has 0 saturated heterocycles. The van der Waals surface area contributed by atoms with Crippen LogP contribution in [-0.2, 0) is 10.2 Å². The first-order chi connectivity index (χ1) is 13.5. The zero-order valence-corrected chi connectivity index (χ0v) is 17.2. The van der Waals surface area contributed by atoms with Gasteiger partial charge in [0.1, 0.15) is 12.8 Å². The SMILES string of the molecule is C=CCC1(C)C(C=CC2CCC(C(C)=O)C2)=[N+](C)c2ccc3ccccc3c21. The Balaban J connectivity index is 1.75. The Morgan fingerprint density at radius 3 is 2.75 bits per heavy atom. The van der Waals surface area contributed by atoms with E-state index in [-0.39, 0.29) is 11.3 Å². The van der Waals surface area contributed by atoms with Gasteiger partial charge in [-0.25, -0.2) is 0 Å². The molecule has 1 aliphatic heterocycles. The topological polar surface area (TPSA) is 20.1 Å². The number of rotatable bonds is 5. The van der Waals surface area contributed by atoms with Gasteiger partial charge in [0.25, 0.3) is 0 Å². The number of carbonyl (C=O) groups excluding carboxylic acids is 1. The van der Waals surface area contributed by atoms with Gasteiger partial charge < -0.3 is 0 Å². The highest BCUT2D eigenvalue weighted by atomic mass is 16.1. The quantitative estimate of drug-likeness (QED) is 0.468. The van der Waals surface area contributed by atoms with Crippen molar-refractivity contribution in [3.05, 3.63) is 66.8 Å². The van der Waals surface area contributed by atoms with E-state index in [2.05, 4.69) is 73.7 Å². The molecule has 1 saturated carbocycles. The van der Waals surface area contributed by atoms with E-state index in [1.54, 1.807) is 6.92 Å². The molecule has 0 amide bonds. The minimum atomic E-state index is -0.0955. The van der Waals surface area contributed by atoms with Gasteiger partial charge in [-0.2, -0.15) is 4.58 Å². The fourth-order valence-electron chi connectivity index (χ4n) is 5.33. The molecule has 144 valence electrons. The number of Topliss-reactive ketones (excluding diaryl/α,β-unsaturated/α-hetero) is 1. The molecule has 0 spiro atoms. The minimum Gasteiger partial charge on any atom is -0.300 e. The summed E-state index contributed by atoms with van der Waals surface area (Å²) in [6, 6.07) is 13.1. The molecule has 0 radical (unpaired) electrons. The summed E-state index contributed by atoms with van der Waals surface area (Å²) in [6.45, 7) is 8.13. The van der Waals surface area contributed by atoms with Crippen molar-refractivity contribution in [3.63, 3.8) is 0 Å². The molecule has 3 atom stereocenters. The van der Waals surface area contributed by atoms with Crippen LogP contribution in [0.2, 0.25) is 0 Å². The van der Waals surface area contributed by atoms with E-state index >= 15 is 0 Å². The molecule has 2 aromatic carbocycles. The van der Waals surface area contributed by atoms with Gasteiger partial charge in [-0.05, 0) is 62.3 Å².